The van der Waals surface area contributed by atoms with Crippen LogP contribution in [0.2, 0.25) is 0 Å². The zero-order valence-corrected chi connectivity index (χ0v) is 20.2. The topological polar surface area (TPSA) is 142 Å². The third-order valence-electron chi connectivity index (χ3n) is 5.70. The van der Waals surface area contributed by atoms with E-state index in [1.54, 1.807) is 24.4 Å². The normalized spacial score (nSPS) is 17.9. The maximum Gasteiger partial charge on any atom is 0.248 e. The summed E-state index contributed by atoms with van der Waals surface area (Å²) in [7, 11) is 0. The Hall–Kier alpha value is -4.11. The van der Waals surface area contributed by atoms with Gasteiger partial charge in [0.05, 0.1) is 29.5 Å². The molecule has 1 fully saturated rings. The van der Waals surface area contributed by atoms with Gasteiger partial charge in [0, 0.05) is 24.7 Å². The lowest BCUT2D eigenvalue weighted by Gasteiger charge is -2.34. The number of halogens is 1. The number of amides is 1. The molecular formula is C24H27FN8O3. The molecule has 0 spiro atoms. The van der Waals surface area contributed by atoms with E-state index in [4.69, 9.17) is 9.84 Å². The molecule has 2 atom stereocenters. The number of hydrogen-bond donors (Lipinski definition) is 2. The smallest absolute Gasteiger partial charge is 0.248 e. The predicted octanol–water partition coefficient (Wildman–Crippen LogP) is 2.42. The van der Waals surface area contributed by atoms with Crippen molar-refractivity contribution >= 4 is 17.5 Å². The molecule has 1 amide bonds. The molecule has 1 aliphatic rings. The summed E-state index contributed by atoms with van der Waals surface area (Å²) >= 11 is 0. The van der Waals surface area contributed by atoms with Crippen molar-refractivity contribution in [2.24, 2.45) is 0 Å². The summed E-state index contributed by atoms with van der Waals surface area (Å²) in [4.78, 5) is 25.7. The zero-order chi connectivity index (χ0) is 25.9. The summed E-state index contributed by atoms with van der Waals surface area (Å²) in [5.74, 6) is 0.375. The van der Waals surface area contributed by atoms with Crippen LogP contribution < -0.4 is 10.1 Å². The molecule has 36 heavy (non-hydrogen) atoms. The number of anilines is 2. The average Bonchev–Trinajstić information content (AvgIpc) is 3.34. The Bertz CT molecular complexity index is 1280. The summed E-state index contributed by atoms with van der Waals surface area (Å²) in [6.07, 6.45) is 2.88. The van der Waals surface area contributed by atoms with E-state index in [0.717, 1.165) is 5.69 Å². The van der Waals surface area contributed by atoms with Crippen LogP contribution in [0.15, 0.2) is 36.9 Å². The second-order valence-electron chi connectivity index (χ2n) is 9.38. The molecule has 11 nitrogen and oxygen atoms in total. The van der Waals surface area contributed by atoms with Crippen molar-refractivity contribution in [3.8, 4) is 23.2 Å². The first kappa shape index (κ1) is 25.0. The molecular weight excluding hydrogens is 467 g/mol. The van der Waals surface area contributed by atoms with Crippen molar-refractivity contribution in [1.82, 2.24) is 29.6 Å². The molecule has 0 radical (unpaired) electrons. The van der Waals surface area contributed by atoms with Gasteiger partial charge in [-0.2, -0.15) is 15.3 Å². The number of rotatable bonds is 6. The molecule has 0 aliphatic carbocycles. The van der Waals surface area contributed by atoms with Gasteiger partial charge >= 0.3 is 0 Å². The van der Waals surface area contributed by atoms with Crippen LogP contribution in [0.1, 0.15) is 32.8 Å². The number of carbonyl (C=O) groups excluding carboxylic acids is 1. The van der Waals surface area contributed by atoms with Crippen molar-refractivity contribution in [3.63, 3.8) is 0 Å². The largest absolute Gasteiger partial charge is 0.486 e. The molecule has 1 aromatic carbocycles. The van der Waals surface area contributed by atoms with Gasteiger partial charge in [0.2, 0.25) is 11.9 Å². The van der Waals surface area contributed by atoms with Crippen molar-refractivity contribution in [3.05, 3.63) is 42.5 Å². The van der Waals surface area contributed by atoms with E-state index in [1.807, 2.05) is 31.6 Å². The highest BCUT2D eigenvalue weighted by molar-refractivity contribution is 5.77. The Kier molecular flexibility index (Phi) is 7.12. The molecule has 3 aromatic rings. The summed E-state index contributed by atoms with van der Waals surface area (Å²) in [6.45, 7) is 5.56. The maximum absolute atomic E-state index is 14.6. The number of aliphatic hydroxyl groups excluding tert-OH is 1. The van der Waals surface area contributed by atoms with Gasteiger partial charge < -0.3 is 20.1 Å². The molecule has 1 aliphatic heterocycles. The second-order valence-corrected chi connectivity index (χ2v) is 9.38. The lowest BCUT2D eigenvalue weighted by atomic mass is 10.0. The number of nitrogens with zero attached hydrogens (tertiary/aromatic N) is 7. The summed E-state index contributed by atoms with van der Waals surface area (Å²) in [6, 6.07) is 6.91. The number of benzene rings is 1. The van der Waals surface area contributed by atoms with Gasteiger partial charge in [-0.3, -0.25) is 9.48 Å². The first-order chi connectivity index (χ1) is 17.2. The lowest BCUT2D eigenvalue weighted by molar-refractivity contribution is -0.138. The van der Waals surface area contributed by atoms with Crippen LogP contribution in [0.4, 0.5) is 16.0 Å². The molecule has 1 unspecified atom stereocenters. The van der Waals surface area contributed by atoms with Gasteiger partial charge in [-0.05, 0) is 39.0 Å². The Labute approximate surface area is 207 Å². The minimum atomic E-state index is -1.44. The van der Waals surface area contributed by atoms with E-state index in [9.17, 15) is 14.4 Å². The summed E-state index contributed by atoms with van der Waals surface area (Å²) in [5, 5.41) is 26.1. The third-order valence-corrected chi connectivity index (χ3v) is 5.70. The molecule has 2 N–H and O–H groups in total. The highest BCUT2D eigenvalue weighted by Crippen LogP contribution is 2.28. The number of hydrogen-bond acceptors (Lipinski definition) is 9. The van der Waals surface area contributed by atoms with Gasteiger partial charge in [-0.25, -0.2) is 14.4 Å². The fourth-order valence-corrected chi connectivity index (χ4v) is 3.74. The second kappa shape index (κ2) is 10.2. The molecule has 0 bridgehead atoms. The quantitative estimate of drug-likeness (QED) is 0.528. The number of nitriles is 1. The van der Waals surface area contributed by atoms with Gasteiger partial charge in [-0.15, -0.1) is 0 Å². The molecule has 188 valence electrons. The van der Waals surface area contributed by atoms with E-state index < -0.39 is 24.8 Å². The average molecular weight is 495 g/mol. The van der Waals surface area contributed by atoms with Gasteiger partial charge in [-0.1, -0.05) is 0 Å². The minimum absolute atomic E-state index is 0.167. The number of likely N-dealkylation sites (tertiary alicyclic amines) is 1. The Morgan fingerprint density at radius 2 is 2.17 bits per heavy atom. The summed E-state index contributed by atoms with van der Waals surface area (Å²) < 4.78 is 22.3. The number of carbonyl (C=O) groups is 1. The number of aromatic nitrogens is 5. The molecule has 2 aromatic heterocycles. The fraction of sp³-hybridized carbons (Fsp3) is 0.417. The van der Waals surface area contributed by atoms with Crippen LogP contribution >= 0.6 is 0 Å². The monoisotopic (exact) mass is 494 g/mol. The maximum atomic E-state index is 14.6. The van der Waals surface area contributed by atoms with Crippen LogP contribution in [-0.4, -0.2) is 72.6 Å². The number of nitrogens with one attached hydrogen (secondary N) is 1. The molecule has 4 rings (SSSR count). The minimum Gasteiger partial charge on any atom is -0.486 e. The van der Waals surface area contributed by atoms with E-state index in [0.29, 0.717) is 17.3 Å². The zero-order valence-electron chi connectivity index (χ0n) is 20.2. The predicted molar refractivity (Wildman–Crippen MR) is 128 cm³/mol. The Morgan fingerprint density at radius 1 is 1.36 bits per heavy atom. The summed E-state index contributed by atoms with van der Waals surface area (Å²) in [5.41, 5.74) is 1.32. The van der Waals surface area contributed by atoms with Gasteiger partial charge in [0.25, 0.3) is 0 Å². The first-order valence-corrected chi connectivity index (χ1v) is 11.4. The number of ether oxygens (including phenoxy) is 1. The Balaban J connectivity index is 1.48. The van der Waals surface area contributed by atoms with Crippen molar-refractivity contribution in [1.29, 1.82) is 5.26 Å². The van der Waals surface area contributed by atoms with E-state index in [1.165, 1.54) is 11.2 Å². The Morgan fingerprint density at radius 3 is 2.83 bits per heavy atom. The fourth-order valence-electron chi connectivity index (χ4n) is 3.74. The number of piperidine rings is 1. The first-order valence-electron chi connectivity index (χ1n) is 11.4. The standard InChI is InChI=1S/C24H27FN8O3/c1-24(2,3)33-11-17(10-29-33)30-23-28-14-27-22(31-23)15-4-5-19(16(8-15)9-26)36-20-6-7-32(12-18(20)25)21(35)13-34/h4-5,8,10-11,14,18,20,34H,6-7,12-13H2,1-3H3,(H,27,28,30,31)/t18?,20-/m0/s1. The van der Waals surface area contributed by atoms with Crippen LogP contribution in [0.5, 0.6) is 5.75 Å². The van der Waals surface area contributed by atoms with Gasteiger partial charge in [0.15, 0.2) is 12.0 Å². The van der Waals surface area contributed by atoms with E-state index in [2.05, 4.69) is 31.4 Å². The highest BCUT2D eigenvalue weighted by Gasteiger charge is 2.33. The highest BCUT2D eigenvalue weighted by atomic mass is 19.1. The van der Waals surface area contributed by atoms with Crippen molar-refractivity contribution < 1.29 is 19.0 Å². The van der Waals surface area contributed by atoms with Crippen molar-refractivity contribution in [2.75, 3.05) is 25.0 Å². The van der Waals surface area contributed by atoms with Crippen LogP contribution in [0.3, 0.4) is 0 Å². The molecule has 3 heterocycles. The van der Waals surface area contributed by atoms with Gasteiger partial charge in [0.1, 0.15) is 30.9 Å². The molecule has 0 saturated carbocycles. The van der Waals surface area contributed by atoms with E-state index in [-0.39, 0.29) is 36.4 Å². The van der Waals surface area contributed by atoms with E-state index >= 15 is 0 Å². The number of aliphatic hydroxyl groups is 1. The molecule has 1 saturated heterocycles. The number of alkyl halides is 1. The van der Waals surface area contributed by atoms with Crippen LogP contribution in [0, 0.1) is 11.3 Å². The SMILES string of the molecule is CC(C)(C)n1cc(Nc2ncnc(-c3ccc(O[C@H]4CCN(C(=O)CO)CC4F)c(C#N)c3)n2)cn1. The third kappa shape index (κ3) is 5.58. The van der Waals surface area contributed by atoms with Crippen LogP contribution in [0.25, 0.3) is 11.4 Å². The van der Waals surface area contributed by atoms with Crippen LogP contribution in [-0.2, 0) is 10.3 Å². The van der Waals surface area contributed by atoms with Crippen molar-refractivity contribution in [2.45, 2.75) is 45.0 Å². The lowest BCUT2D eigenvalue weighted by Crippen LogP contribution is -2.50. The molecule has 12 heteroatoms.